The molecule has 146 valence electrons. The van der Waals surface area contributed by atoms with Gasteiger partial charge in [0.1, 0.15) is 0 Å². The number of amides is 1. The lowest BCUT2D eigenvalue weighted by atomic mass is 9.86. The van der Waals surface area contributed by atoms with Gasteiger partial charge in [-0.05, 0) is 62.3 Å². The molecule has 0 spiro atoms. The lowest BCUT2D eigenvalue weighted by Crippen LogP contribution is -2.44. The highest BCUT2D eigenvalue weighted by Gasteiger charge is 2.31. The monoisotopic (exact) mass is 401 g/mol. The molecule has 1 atom stereocenters. The maximum atomic E-state index is 12.7. The molecule has 0 bridgehead atoms. The van der Waals surface area contributed by atoms with Gasteiger partial charge in [-0.1, -0.05) is 6.07 Å². The zero-order chi connectivity index (χ0) is 18.0. The molecule has 1 fully saturated rings. The van der Waals surface area contributed by atoms with E-state index in [2.05, 4.69) is 5.32 Å². The number of nitrogens with one attached hydrogen (secondary N) is 1. The number of carbonyl (C=O) groups is 1. The van der Waals surface area contributed by atoms with Gasteiger partial charge >= 0.3 is 0 Å². The van der Waals surface area contributed by atoms with Gasteiger partial charge in [0, 0.05) is 24.7 Å². The van der Waals surface area contributed by atoms with Crippen molar-refractivity contribution in [2.24, 2.45) is 5.92 Å². The summed E-state index contributed by atoms with van der Waals surface area (Å²) >= 11 is 0. The molecule has 3 N–H and O–H groups in total. The number of rotatable bonds is 4. The molecule has 3 rings (SSSR count). The van der Waals surface area contributed by atoms with Crippen LogP contribution >= 0.6 is 12.4 Å². The maximum absolute atomic E-state index is 12.7. The van der Waals surface area contributed by atoms with Gasteiger partial charge in [-0.15, -0.1) is 12.4 Å². The predicted octanol–water partition coefficient (Wildman–Crippen LogP) is 2.25. The van der Waals surface area contributed by atoms with Crippen LogP contribution in [0.2, 0.25) is 0 Å². The first-order chi connectivity index (χ1) is 11.9. The summed E-state index contributed by atoms with van der Waals surface area (Å²) < 4.78 is 25.4. The zero-order valence-corrected chi connectivity index (χ0v) is 16.7. The van der Waals surface area contributed by atoms with Gasteiger partial charge in [0.2, 0.25) is 15.9 Å². The molecule has 1 aliphatic carbocycles. The topological polar surface area (TPSA) is 92.5 Å². The molecule has 0 saturated carbocycles. The molecule has 1 aromatic carbocycles. The number of halogens is 1. The third kappa shape index (κ3) is 4.50. The summed E-state index contributed by atoms with van der Waals surface area (Å²) in [5.41, 5.74) is 9.01. The first kappa shape index (κ1) is 21.0. The minimum atomic E-state index is -3.15. The average Bonchev–Trinajstić information content (AvgIpc) is 2.61. The van der Waals surface area contributed by atoms with Gasteiger partial charge in [-0.25, -0.2) is 12.7 Å². The van der Waals surface area contributed by atoms with Gasteiger partial charge in [-0.2, -0.15) is 0 Å². The number of nitrogens with two attached hydrogens (primary N) is 1. The standard InChI is InChI=1S/C18H27N3O3S.ClH/c1-2-25(23,24)21-10-8-13(9-11-21)18(22)20-17-5-3-4-14-12-15(19)6-7-16(14)17;/h6-7,12-13,17H,2-5,8-11,19H2,1H3,(H,20,22);1H. The van der Waals surface area contributed by atoms with Gasteiger partial charge in [0.15, 0.2) is 0 Å². The fourth-order valence-corrected chi connectivity index (χ4v) is 4.98. The maximum Gasteiger partial charge on any atom is 0.223 e. The molecule has 2 aliphatic rings. The summed E-state index contributed by atoms with van der Waals surface area (Å²) in [5.74, 6) is 0.0527. The van der Waals surface area contributed by atoms with Gasteiger partial charge < -0.3 is 11.1 Å². The van der Waals surface area contributed by atoms with E-state index < -0.39 is 10.0 Å². The number of benzene rings is 1. The lowest BCUT2D eigenvalue weighted by molar-refractivity contribution is -0.127. The average molecular weight is 402 g/mol. The van der Waals surface area contributed by atoms with Crippen LogP contribution in [0.5, 0.6) is 0 Å². The van der Waals surface area contributed by atoms with Crippen molar-refractivity contribution >= 4 is 34.0 Å². The van der Waals surface area contributed by atoms with Gasteiger partial charge in [-0.3, -0.25) is 4.79 Å². The Hall–Kier alpha value is -1.31. The van der Waals surface area contributed by atoms with Crippen molar-refractivity contribution in [2.75, 3.05) is 24.6 Å². The minimum Gasteiger partial charge on any atom is -0.399 e. The molecule has 1 unspecified atom stereocenters. The zero-order valence-electron chi connectivity index (χ0n) is 15.1. The Labute approximate surface area is 162 Å². The molecule has 1 heterocycles. The van der Waals surface area contributed by atoms with Crippen LogP contribution in [-0.2, 0) is 21.2 Å². The number of carbonyl (C=O) groups excluding carboxylic acids is 1. The highest BCUT2D eigenvalue weighted by atomic mass is 35.5. The van der Waals surface area contributed by atoms with E-state index in [0.717, 1.165) is 24.9 Å². The van der Waals surface area contributed by atoms with E-state index in [-0.39, 0.29) is 36.0 Å². The number of hydrogen-bond donors (Lipinski definition) is 2. The first-order valence-electron chi connectivity index (χ1n) is 9.07. The third-order valence-electron chi connectivity index (χ3n) is 5.38. The highest BCUT2D eigenvalue weighted by Crippen LogP contribution is 2.31. The van der Waals surface area contributed by atoms with Crippen LogP contribution in [-0.4, -0.2) is 37.5 Å². The Morgan fingerprint density at radius 2 is 1.96 bits per heavy atom. The Bertz CT molecular complexity index is 746. The Morgan fingerprint density at radius 1 is 1.27 bits per heavy atom. The van der Waals surface area contributed by atoms with Crippen molar-refractivity contribution < 1.29 is 13.2 Å². The Morgan fingerprint density at radius 3 is 2.62 bits per heavy atom. The summed E-state index contributed by atoms with van der Waals surface area (Å²) in [5, 5.41) is 3.18. The lowest BCUT2D eigenvalue weighted by Gasteiger charge is -2.32. The molecular formula is C18H28ClN3O3S. The second-order valence-electron chi connectivity index (χ2n) is 6.99. The van der Waals surface area contributed by atoms with Crippen LogP contribution in [0.4, 0.5) is 5.69 Å². The summed E-state index contributed by atoms with van der Waals surface area (Å²) in [6.07, 6.45) is 4.15. The van der Waals surface area contributed by atoms with Crippen LogP contribution in [0.15, 0.2) is 18.2 Å². The van der Waals surface area contributed by atoms with Crippen molar-refractivity contribution in [2.45, 2.75) is 45.1 Å². The number of nitrogens with zero attached hydrogens (tertiary/aromatic N) is 1. The molecule has 1 aliphatic heterocycles. The largest absolute Gasteiger partial charge is 0.399 e. The van der Waals surface area contributed by atoms with E-state index in [1.54, 1.807) is 6.92 Å². The van der Waals surface area contributed by atoms with E-state index in [1.807, 2.05) is 18.2 Å². The van der Waals surface area contributed by atoms with E-state index in [9.17, 15) is 13.2 Å². The van der Waals surface area contributed by atoms with Gasteiger partial charge in [0.25, 0.3) is 0 Å². The second-order valence-corrected chi connectivity index (χ2v) is 9.24. The van der Waals surface area contributed by atoms with Crippen molar-refractivity contribution in [1.29, 1.82) is 0 Å². The number of nitrogen functional groups attached to an aromatic ring is 1. The van der Waals surface area contributed by atoms with Gasteiger partial charge in [0.05, 0.1) is 11.8 Å². The number of piperidine rings is 1. The Kier molecular flexibility index (Phi) is 6.93. The van der Waals surface area contributed by atoms with E-state index >= 15 is 0 Å². The smallest absolute Gasteiger partial charge is 0.223 e. The normalized spacial score (nSPS) is 21.5. The van der Waals surface area contributed by atoms with Crippen molar-refractivity contribution in [3.05, 3.63) is 29.3 Å². The van der Waals surface area contributed by atoms with Crippen LogP contribution in [0, 0.1) is 5.92 Å². The SMILES string of the molecule is CCS(=O)(=O)N1CCC(C(=O)NC2CCCc3cc(N)ccc32)CC1.Cl. The third-order valence-corrected chi connectivity index (χ3v) is 7.26. The Balaban J connectivity index is 0.00000243. The predicted molar refractivity (Wildman–Crippen MR) is 106 cm³/mol. The molecule has 6 nitrogen and oxygen atoms in total. The molecule has 0 radical (unpaired) electrons. The highest BCUT2D eigenvalue weighted by molar-refractivity contribution is 7.89. The quantitative estimate of drug-likeness (QED) is 0.756. The van der Waals surface area contributed by atoms with Crippen LogP contribution in [0.1, 0.15) is 49.8 Å². The second kappa shape index (κ2) is 8.59. The molecule has 0 aromatic heterocycles. The summed E-state index contributed by atoms with van der Waals surface area (Å²) in [4.78, 5) is 12.7. The van der Waals surface area contributed by atoms with Crippen LogP contribution < -0.4 is 11.1 Å². The minimum absolute atomic E-state index is 0. The number of anilines is 1. The van der Waals surface area contributed by atoms with E-state index in [1.165, 1.54) is 15.4 Å². The molecule has 1 amide bonds. The van der Waals surface area contributed by atoms with Crippen molar-refractivity contribution in [1.82, 2.24) is 9.62 Å². The first-order valence-corrected chi connectivity index (χ1v) is 10.7. The summed E-state index contributed by atoms with van der Waals surface area (Å²) in [6.45, 7) is 2.53. The van der Waals surface area contributed by atoms with E-state index in [4.69, 9.17) is 5.73 Å². The molecule has 26 heavy (non-hydrogen) atoms. The molecule has 1 aromatic rings. The number of sulfonamides is 1. The van der Waals surface area contributed by atoms with E-state index in [0.29, 0.717) is 25.9 Å². The number of fused-ring (bicyclic) bond motifs is 1. The van der Waals surface area contributed by atoms with Crippen LogP contribution in [0.25, 0.3) is 0 Å². The fourth-order valence-electron chi connectivity index (χ4n) is 3.85. The summed E-state index contributed by atoms with van der Waals surface area (Å²) in [6, 6.07) is 5.94. The number of hydrogen-bond acceptors (Lipinski definition) is 4. The van der Waals surface area contributed by atoms with Crippen LogP contribution in [0.3, 0.4) is 0 Å². The molecular weight excluding hydrogens is 374 g/mol. The summed E-state index contributed by atoms with van der Waals surface area (Å²) in [7, 11) is -3.15. The van der Waals surface area contributed by atoms with Crippen molar-refractivity contribution in [3.63, 3.8) is 0 Å². The molecule has 1 saturated heterocycles. The molecule has 8 heteroatoms. The number of aryl methyl sites for hydroxylation is 1. The fraction of sp³-hybridized carbons (Fsp3) is 0.611. The van der Waals surface area contributed by atoms with Crippen molar-refractivity contribution in [3.8, 4) is 0 Å².